The molecule has 1 aromatic heterocycles. The zero-order valence-corrected chi connectivity index (χ0v) is 12.2. The minimum absolute atomic E-state index is 0.487. The van der Waals surface area contributed by atoms with E-state index >= 15 is 0 Å². The number of hydrogen-bond acceptors (Lipinski definition) is 5. The van der Waals surface area contributed by atoms with Crippen molar-refractivity contribution in [3.63, 3.8) is 0 Å². The minimum atomic E-state index is -0.724. The summed E-state index contributed by atoms with van der Waals surface area (Å²) in [6.07, 6.45) is 1.27. The van der Waals surface area contributed by atoms with Gasteiger partial charge in [-0.05, 0) is 26.7 Å². The number of aromatic nitrogens is 2. The predicted octanol–water partition coefficient (Wildman–Crippen LogP) is 1.87. The fourth-order valence-electron chi connectivity index (χ4n) is 2.59. The first-order chi connectivity index (χ1) is 9.50. The summed E-state index contributed by atoms with van der Waals surface area (Å²) < 4.78 is 5.42. The second-order valence-electron chi connectivity index (χ2n) is 5.16. The number of rotatable bonds is 5. The Morgan fingerprint density at radius 3 is 2.80 bits per heavy atom. The molecule has 0 aliphatic carbocycles. The van der Waals surface area contributed by atoms with E-state index in [0.717, 1.165) is 5.82 Å². The van der Waals surface area contributed by atoms with Crippen LogP contribution in [0.4, 0.5) is 5.82 Å². The van der Waals surface area contributed by atoms with Crippen LogP contribution in [0.2, 0.25) is 0 Å². The van der Waals surface area contributed by atoms with Gasteiger partial charge in [-0.25, -0.2) is 4.98 Å². The quantitative estimate of drug-likeness (QED) is 0.887. The summed E-state index contributed by atoms with van der Waals surface area (Å²) >= 11 is 0. The number of carboxylic acid groups (broad SMARTS) is 1. The van der Waals surface area contributed by atoms with Crippen LogP contribution in [0.3, 0.4) is 0 Å². The molecule has 20 heavy (non-hydrogen) atoms. The Morgan fingerprint density at radius 1 is 1.50 bits per heavy atom. The maximum atomic E-state index is 11.5. The van der Waals surface area contributed by atoms with Gasteiger partial charge in [0.2, 0.25) is 5.88 Å². The summed E-state index contributed by atoms with van der Waals surface area (Å²) in [5.74, 6) is 1.20. The lowest BCUT2D eigenvalue weighted by Crippen LogP contribution is -2.34. The van der Waals surface area contributed by atoms with Crippen LogP contribution in [0.25, 0.3) is 0 Å². The van der Waals surface area contributed by atoms with Crippen molar-refractivity contribution in [2.75, 3.05) is 24.6 Å². The van der Waals surface area contributed by atoms with Crippen molar-refractivity contribution in [3.05, 3.63) is 11.9 Å². The lowest BCUT2D eigenvalue weighted by atomic mass is 9.84. The molecule has 1 atom stereocenters. The number of hydrogen-bond donors (Lipinski definition) is 1. The standard InChI is InChI=1S/C14H21N3O3/c1-4-14(13(18)19)6-7-17(9-14)11-8-12(20-5-2)16-10(3)15-11/h8H,4-7,9H2,1-3H3,(H,18,19). The Kier molecular flexibility index (Phi) is 4.11. The summed E-state index contributed by atoms with van der Waals surface area (Å²) in [5, 5.41) is 9.44. The molecule has 2 rings (SSSR count). The van der Waals surface area contributed by atoms with Crippen molar-refractivity contribution in [1.82, 2.24) is 9.97 Å². The predicted molar refractivity (Wildman–Crippen MR) is 75.1 cm³/mol. The fraction of sp³-hybridized carbons (Fsp3) is 0.643. The average Bonchev–Trinajstić information content (AvgIpc) is 2.84. The van der Waals surface area contributed by atoms with Crippen LogP contribution in [-0.2, 0) is 4.79 Å². The summed E-state index contributed by atoms with van der Waals surface area (Å²) in [5.41, 5.74) is -0.662. The van der Waals surface area contributed by atoms with E-state index in [9.17, 15) is 9.90 Å². The summed E-state index contributed by atoms with van der Waals surface area (Å²) in [6, 6.07) is 1.78. The van der Waals surface area contributed by atoms with Crippen molar-refractivity contribution >= 4 is 11.8 Å². The van der Waals surface area contributed by atoms with Gasteiger partial charge in [0.15, 0.2) is 0 Å². The molecule has 1 unspecified atom stereocenters. The van der Waals surface area contributed by atoms with Crippen molar-refractivity contribution in [3.8, 4) is 5.88 Å². The summed E-state index contributed by atoms with van der Waals surface area (Å²) in [4.78, 5) is 22.1. The third-order valence-corrected chi connectivity index (χ3v) is 3.90. The van der Waals surface area contributed by atoms with E-state index in [0.29, 0.717) is 44.2 Å². The molecule has 0 amide bonds. The van der Waals surface area contributed by atoms with E-state index in [4.69, 9.17) is 4.74 Å². The van der Waals surface area contributed by atoms with E-state index in [1.165, 1.54) is 0 Å². The Bertz CT molecular complexity index is 506. The molecule has 2 heterocycles. The van der Waals surface area contributed by atoms with Crippen molar-refractivity contribution in [2.24, 2.45) is 5.41 Å². The summed E-state index contributed by atoms with van der Waals surface area (Å²) in [7, 11) is 0. The maximum Gasteiger partial charge on any atom is 0.311 e. The van der Waals surface area contributed by atoms with Crippen LogP contribution in [0.5, 0.6) is 5.88 Å². The van der Waals surface area contributed by atoms with Gasteiger partial charge < -0.3 is 14.7 Å². The SMILES string of the molecule is CCOc1cc(N2CCC(CC)(C(=O)O)C2)nc(C)n1. The van der Waals surface area contributed by atoms with Crippen LogP contribution >= 0.6 is 0 Å². The second kappa shape index (κ2) is 5.64. The van der Waals surface area contributed by atoms with Gasteiger partial charge in [-0.2, -0.15) is 4.98 Å². The van der Waals surface area contributed by atoms with E-state index < -0.39 is 11.4 Å². The second-order valence-corrected chi connectivity index (χ2v) is 5.16. The van der Waals surface area contributed by atoms with Gasteiger partial charge in [0.1, 0.15) is 11.6 Å². The molecule has 1 aliphatic heterocycles. The molecule has 0 radical (unpaired) electrons. The highest BCUT2D eigenvalue weighted by Gasteiger charge is 2.43. The monoisotopic (exact) mass is 279 g/mol. The topological polar surface area (TPSA) is 75.5 Å². The zero-order valence-electron chi connectivity index (χ0n) is 12.2. The summed E-state index contributed by atoms with van der Waals surface area (Å²) in [6.45, 7) is 7.37. The van der Waals surface area contributed by atoms with Gasteiger partial charge in [0.25, 0.3) is 0 Å². The van der Waals surface area contributed by atoms with Gasteiger partial charge in [-0.3, -0.25) is 4.79 Å². The van der Waals surface area contributed by atoms with Gasteiger partial charge in [0.05, 0.1) is 12.0 Å². The molecular formula is C14H21N3O3. The molecule has 6 heteroatoms. The molecule has 6 nitrogen and oxygen atoms in total. The molecule has 0 saturated carbocycles. The molecule has 0 aromatic carbocycles. The van der Waals surface area contributed by atoms with Crippen LogP contribution < -0.4 is 9.64 Å². The van der Waals surface area contributed by atoms with E-state index in [-0.39, 0.29) is 0 Å². The number of ether oxygens (including phenoxy) is 1. The first-order valence-electron chi connectivity index (χ1n) is 6.97. The van der Waals surface area contributed by atoms with Gasteiger partial charge >= 0.3 is 5.97 Å². The number of aliphatic carboxylic acids is 1. The zero-order chi connectivity index (χ0) is 14.8. The number of anilines is 1. The maximum absolute atomic E-state index is 11.5. The van der Waals surface area contributed by atoms with Gasteiger partial charge in [0, 0.05) is 19.2 Å². The molecule has 1 saturated heterocycles. The first kappa shape index (κ1) is 14.6. The lowest BCUT2D eigenvalue weighted by molar-refractivity contribution is -0.147. The normalized spacial score (nSPS) is 22.1. The van der Waals surface area contributed by atoms with Crippen LogP contribution in [0.1, 0.15) is 32.5 Å². The van der Waals surface area contributed by atoms with Crippen LogP contribution in [-0.4, -0.2) is 40.7 Å². The van der Waals surface area contributed by atoms with Crippen LogP contribution in [0.15, 0.2) is 6.07 Å². The Hall–Kier alpha value is -1.85. The first-order valence-corrected chi connectivity index (χ1v) is 6.97. The highest BCUT2D eigenvalue weighted by atomic mass is 16.5. The molecule has 0 spiro atoms. The molecule has 1 N–H and O–H groups in total. The number of aryl methyl sites for hydroxylation is 1. The number of nitrogens with zero attached hydrogens (tertiary/aromatic N) is 3. The fourth-order valence-corrected chi connectivity index (χ4v) is 2.59. The van der Waals surface area contributed by atoms with Crippen molar-refractivity contribution in [2.45, 2.75) is 33.6 Å². The molecule has 110 valence electrons. The third kappa shape index (κ3) is 2.69. The average molecular weight is 279 g/mol. The largest absolute Gasteiger partial charge is 0.481 e. The van der Waals surface area contributed by atoms with E-state index in [1.807, 2.05) is 25.7 Å². The number of carboxylic acids is 1. The van der Waals surface area contributed by atoms with Crippen molar-refractivity contribution in [1.29, 1.82) is 0 Å². The van der Waals surface area contributed by atoms with E-state index in [1.54, 1.807) is 6.07 Å². The molecule has 1 aromatic rings. The highest BCUT2D eigenvalue weighted by molar-refractivity contribution is 5.76. The van der Waals surface area contributed by atoms with E-state index in [2.05, 4.69) is 9.97 Å². The van der Waals surface area contributed by atoms with Gasteiger partial charge in [-0.1, -0.05) is 6.92 Å². The third-order valence-electron chi connectivity index (χ3n) is 3.90. The van der Waals surface area contributed by atoms with Crippen molar-refractivity contribution < 1.29 is 14.6 Å². The number of carbonyl (C=O) groups is 1. The Balaban J connectivity index is 2.23. The Morgan fingerprint density at radius 2 is 2.25 bits per heavy atom. The molecular weight excluding hydrogens is 258 g/mol. The molecule has 0 bridgehead atoms. The Labute approximate surface area is 118 Å². The lowest BCUT2D eigenvalue weighted by Gasteiger charge is -2.23. The van der Waals surface area contributed by atoms with Gasteiger partial charge in [-0.15, -0.1) is 0 Å². The highest BCUT2D eigenvalue weighted by Crippen LogP contribution is 2.36. The van der Waals surface area contributed by atoms with Crippen LogP contribution in [0, 0.1) is 12.3 Å². The minimum Gasteiger partial charge on any atom is -0.481 e. The molecule has 1 aliphatic rings. The smallest absolute Gasteiger partial charge is 0.311 e. The molecule has 1 fully saturated rings.